The number of carbonyl (C=O) groups excluding carboxylic acids is 2. The zero-order valence-corrected chi connectivity index (χ0v) is 18.3. The smallest absolute Gasteiger partial charge is 0.319 e. The average molecular weight is 425 g/mol. The van der Waals surface area contributed by atoms with E-state index >= 15 is 0 Å². The van der Waals surface area contributed by atoms with Crippen molar-refractivity contribution in [1.82, 2.24) is 15.6 Å². The number of carbonyl (C=O) groups is 2. The molecular formula is C23H28N4O2S. The van der Waals surface area contributed by atoms with Crippen LogP contribution in [0.2, 0.25) is 0 Å². The Bertz CT molecular complexity index is 958. The molecule has 0 spiro atoms. The van der Waals surface area contributed by atoms with Crippen LogP contribution < -0.4 is 16.0 Å². The van der Waals surface area contributed by atoms with Crippen LogP contribution in [0.3, 0.4) is 0 Å². The number of benzene rings is 1. The number of nitrogens with one attached hydrogen (secondary N) is 3. The summed E-state index contributed by atoms with van der Waals surface area (Å²) in [5.74, 6) is 0.445. The minimum Gasteiger partial charge on any atom is -0.327 e. The molecule has 4 rings (SSSR count). The van der Waals surface area contributed by atoms with E-state index in [0.29, 0.717) is 5.92 Å². The van der Waals surface area contributed by atoms with Crippen LogP contribution in [0.4, 0.5) is 10.5 Å². The highest BCUT2D eigenvalue weighted by Gasteiger charge is 2.31. The maximum atomic E-state index is 12.3. The molecule has 1 aromatic carbocycles. The molecular weight excluding hydrogens is 396 g/mol. The number of nitrogens with zero attached hydrogens (tertiary/aromatic N) is 1. The lowest BCUT2D eigenvalue weighted by Crippen LogP contribution is -2.43. The van der Waals surface area contributed by atoms with Crippen molar-refractivity contribution in [3.8, 4) is 0 Å². The zero-order valence-electron chi connectivity index (χ0n) is 17.5. The molecule has 3 amide bonds. The van der Waals surface area contributed by atoms with Crippen LogP contribution in [0.1, 0.15) is 80.6 Å². The Morgan fingerprint density at radius 1 is 1.20 bits per heavy atom. The van der Waals surface area contributed by atoms with E-state index in [1.165, 1.54) is 44.7 Å². The van der Waals surface area contributed by atoms with Crippen LogP contribution in [-0.2, 0) is 4.79 Å². The molecule has 6 nitrogen and oxygen atoms in total. The van der Waals surface area contributed by atoms with Crippen molar-refractivity contribution in [3.63, 3.8) is 0 Å². The Morgan fingerprint density at radius 3 is 2.60 bits per heavy atom. The zero-order chi connectivity index (χ0) is 21.1. The highest BCUT2D eigenvalue weighted by Crippen LogP contribution is 2.40. The lowest BCUT2D eigenvalue weighted by Gasteiger charge is -2.29. The number of amides is 3. The monoisotopic (exact) mass is 424 g/mol. The first kappa shape index (κ1) is 20.6. The standard InChI is InChI=1S/C23H28N4O2S/c1-3-18-20(22-25-19(13-30-22)15-7-5-4-6-8-15)21(27-23(29)26-18)16-9-11-17(12-10-16)24-14(2)28/h9-13,15,21H,3-8H2,1-2H3,(H,24,28)(H2,26,27,29). The van der Waals surface area contributed by atoms with Gasteiger partial charge in [-0.3, -0.25) is 4.79 Å². The van der Waals surface area contributed by atoms with Crippen LogP contribution in [0.5, 0.6) is 0 Å². The van der Waals surface area contributed by atoms with Crippen LogP contribution >= 0.6 is 11.3 Å². The second-order valence-electron chi connectivity index (χ2n) is 7.99. The highest BCUT2D eigenvalue weighted by atomic mass is 32.1. The van der Waals surface area contributed by atoms with Crippen LogP contribution in [-0.4, -0.2) is 16.9 Å². The Labute approximate surface area is 181 Å². The third-order valence-electron chi connectivity index (χ3n) is 5.85. The lowest BCUT2D eigenvalue weighted by atomic mass is 9.87. The highest BCUT2D eigenvalue weighted by molar-refractivity contribution is 7.10. The Hall–Kier alpha value is -2.67. The van der Waals surface area contributed by atoms with Gasteiger partial charge in [-0.05, 0) is 37.0 Å². The van der Waals surface area contributed by atoms with Crippen molar-refractivity contribution in [1.29, 1.82) is 0 Å². The van der Waals surface area contributed by atoms with Crippen molar-refractivity contribution >= 4 is 34.5 Å². The maximum absolute atomic E-state index is 12.3. The van der Waals surface area contributed by atoms with Crippen molar-refractivity contribution in [3.05, 3.63) is 51.6 Å². The van der Waals surface area contributed by atoms with E-state index in [-0.39, 0.29) is 18.0 Å². The van der Waals surface area contributed by atoms with Gasteiger partial charge in [-0.2, -0.15) is 0 Å². The molecule has 7 heteroatoms. The average Bonchev–Trinajstić information content (AvgIpc) is 3.23. The van der Waals surface area contributed by atoms with E-state index in [2.05, 4.69) is 21.3 Å². The molecule has 2 aliphatic rings. The van der Waals surface area contributed by atoms with Gasteiger partial charge in [0.05, 0.1) is 11.7 Å². The number of anilines is 1. The first-order chi connectivity index (χ1) is 14.5. The minimum absolute atomic E-state index is 0.107. The summed E-state index contributed by atoms with van der Waals surface area (Å²) in [7, 11) is 0. The fraction of sp³-hybridized carbons (Fsp3) is 0.435. The summed E-state index contributed by atoms with van der Waals surface area (Å²) in [6.45, 7) is 3.54. The number of aromatic nitrogens is 1. The van der Waals surface area contributed by atoms with E-state index in [9.17, 15) is 9.59 Å². The molecule has 158 valence electrons. The third kappa shape index (κ3) is 4.41. The van der Waals surface area contributed by atoms with Gasteiger partial charge in [-0.15, -0.1) is 11.3 Å². The fourth-order valence-corrected chi connectivity index (χ4v) is 5.36. The van der Waals surface area contributed by atoms with Crippen molar-refractivity contribution in [2.75, 3.05) is 5.32 Å². The summed E-state index contributed by atoms with van der Waals surface area (Å²) in [4.78, 5) is 28.7. The van der Waals surface area contributed by atoms with Gasteiger partial charge >= 0.3 is 6.03 Å². The summed E-state index contributed by atoms with van der Waals surface area (Å²) >= 11 is 1.66. The van der Waals surface area contributed by atoms with Gasteiger partial charge in [0.15, 0.2) is 0 Å². The largest absolute Gasteiger partial charge is 0.327 e. The molecule has 1 aliphatic heterocycles. The summed E-state index contributed by atoms with van der Waals surface area (Å²) in [6.07, 6.45) is 7.03. The first-order valence-corrected chi connectivity index (χ1v) is 11.6. The Morgan fingerprint density at radius 2 is 1.93 bits per heavy atom. The SMILES string of the molecule is CCC1=C(c2nc(C3CCCCC3)cs2)C(c2ccc(NC(C)=O)cc2)NC(=O)N1. The van der Waals surface area contributed by atoms with Gasteiger partial charge in [0, 0.05) is 35.2 Å². The van der Waals surface area contributed by atoms with Gasteiger partial charge < -0.3 is 16.0 Å². The Kier molecular flexibility index (Phi) is 6.18. The van der Waals surface area contributed by atoms with Gasteiger partial charge in [-0.1, -0.05) is 38.3 Å². The fourth-order valence-electron chi connectivity index (χ4n) is 4.36. The van der Waals surface area contributed by atoms with Gasteiger partial charge in [-0.25, -0.2) is 9.78 Å². The maximum Gasteiger partial charge on any atom is 0.319 e. The predicted octanol–water partition coefficient (Wildman–Crippen LogP) is 5.32. The molecule has 30 heavy (non-hydrogen) atoms. The third-order valence-corrected chi connectivity index (χ3v) is 6.74. The molecule has 1 fully saturated rings. The van der Waals surface area contributed by atoms with E-state index in [0.717, 1.165) is 33.9 Å². The van der Waals surface area contributed by atoms with Crippen LogP contribution in [0.15, 0.2) is 35.3 Å². The van der Waals surface area contributed by atoms with Crippen LogP contribution in [0, 0.1) is 0 Å². The van der Waals surface area contributed by atoms with E-state index in [1.807, 2.05) is 31.2 Å². The molecule has 0 saturated heterocycles. The predicted molar refractivity (Wildman–Crippen MR) is 120 cm³/mol. The number of rotatable bonds is 5. The summed E-state index contributed by atoms with van der Waals surface area (Å²) in [6, 6.07) is 7.16. The van der Waals surface area contributed by atoms with Crippen LogP contribution in [0.25, 0.3) is 5.57 Å². The quantitative estimate of drug-likeness (QED) is 0.607. The summed E-state index contributed by atoms with van der Waals surface area (Å²) < 4.78 is 0. The molecule has 1 aliphatic carbocycles. The molecule has 1 atom stereocenters. The molecule has 2 aromatic rings. The molecule has 3 N–H and O–H groups in total. The molecule has 0 bridgehead atoms. The molecule has 1 saturated carbocycles. The van der Waals surface area contributed by atoms with Gasteiger partial charge in [0.25, 0.3) is 0 Å². The number of thiazole rings is 1. The van der Waals surface area contributed by atoms with E-state index in [4.69, 9.17) is 4.98 Å². The number of allylic oxidation sites excluding steroid dienone is 1. The van der Waals surface area contributed by atoms with Crippen molar-refractivity contribution < 1.29 is 9.59 Å². The van der Waals surface area contributed by atoms with Crippen molar-refractivity contribution in [2.45, 2.75) is 64.3 Å². The van der Waals surface area contributed by atoms with Gasteiger partial charge in [0.1, 0.15) is 5.01 Å². The lowest BCUT2D eigenvalue weighted by molar-refractivity contribution is -0.114. The molecule has 1 aromatic heterocycles. The summed E-state index contributed by atoms with van der Waals surface area (Å²) in [5, 5.41) is 12.0. The topological polar surface area (TPSA) is 83.1 Å². The summed E-state index contributed by atoms with van der Waals surface area (Å²) in [5.41, 5.74) is 4.85. The van der Waals surface area contributed by atoms with Gasteiger partial charge in [0.2, 0.25) is 5.91 Å². The second-order valence-corrected chi connectivity index (χ2v) is 8.85. The number of urea groups is 1. The molecule has 0 radical (unpaired) electrons. The van der Waals surface area contributed by atoms with E-state index < -0.39 is 0 Å². The first-order valence-electron chi connectivity index (χ1n) is 10.7. The van der Waals surface area contributed by atoms with Crippen molar-refractivity contribution in [2.24, 2.45) is 0 Å². The molecule has 2 heterocycles. The minimum atomic E-state index is -0.273. The normalized spacial score (nSPS) is 19.9. The molecule has 1 unspecified atom stereocenters. The Balaban J connectivity index is 1.68. The second kappa shape index (κ2) is 9.00. The van der Waals surface area contributed by atoms with E-state index in [1.54, 1.807) is 11.3 Å². The number of hydrogen-bond acceptors (Lipinski definition) is 4. The number of hydrogen-bond donors (Lipinski definition) is 3.